The minimum absolute atomic E-state index is 0.344. The summed E-state index contributed by atoms with van der Waals surface area (Å²) in [6.45, 7) is 0.344. The summed E-state index contributed by atoms with van der Waals surface area (Å²) in [6, 6.07) is 7.14. The average Bonchev–Trinajstić information content (AvgIpc) is 1.95. The van der Waals surface area contributed by atoms with Crippen molar-refractivity contribution in [2.24, 2.45) is 0 Å². The minimum Gasteiger partial charge on any atom is -0.788 e. The third-order valence-corrected chi connectivity index (χ3v) is 1.44. The highest BCUT2D eigenvalue weighted by Gasteiger charge is 1.87. The van der Waals surface area contributed by atoms with Crippen LogP contribution in [0.15, 0.2) is 24.3 Å². The zero-order chi connectivity index (χ0) is 7.40. The van der Waals surface area contributed by atoms with Crippen LogP contribution in [0.25, 0.3) is 0 Å². The summed E-state index contributed by atoms with van der Waals surface area (Å²) in [4.78, 5) is 0. The molecule has 1 rings (SSSR count). The first kappa shape index (κ1) is 7.54. The van der Waals surface area contributed by atoms with E-state index >= 15 is 0 Å². The van der Waals surface area contributed by atoms with E-state index in [1.165, 1.54) is 0 Å². The molecule has 0 spiro atoms. The Bertz CT molecular complexity index is 197. The third-order valence-electron chi connectivity index (χ3n) is 1.19. The molecule has 0 radical (unpaired) electrons. The molecule has 1 aromatic carbocycles. The van der Waals surface area contributed by atoms with Crippen LogP contribution in [0.2, 0.25) is 5.02 Å². The molecule has 3 heteroatoms. The number of benzene rings is 1. The fraction of sp³-hybridized carbons (Fsp3) is 0.143. The van der Waals surface area contributed by atoms with Crippen LogP contribution >= 0.6 is 11.6 Å². The lowest BCUT2D eigenvalue weighted by atomic mass is 10.2. The van der Waals surface area contributed by atoms with Crippen LogP contribution in [0, 0.1) is 5.21 Å². The second kappa shape index (κ2) is 3.56. The number of nitrogens with one attached hydrogen (secondary N) is 1. The van der Waals surface area contributed by atoms with Crippen LogP contribution in [-0.2, 0) is 6.54 Å². The van der Waals surface area contributed by atoms with E-state index in [4.69, 9.17) is 11.6 Å². The van der Waals surface area contributed by atoms with Gasteiger partial charge in [-0.1, -0.05) is 23.7 Å². The van der Waals surface area contributed by atoms with Crippen LogP contribution in [0.5, 0.6) is 0 Å². The lowest BCUT2D eigenvalue weighted by Gasteiger charge is -2.06. The molecule has 1 aromatic rings. The minimum atomic E-state index is 0.344. The summed E-state index contributed by atoms with van der Waals surface area (Å²) in [5, 5.41) is 10.6. The Balaban J connectivity index is 2.69. The van der Waals surface area contributed by atoms with Gasteiger partial charge < -0.3 is 10.7 Å². The van der Waals surface area contributed by atoms with Crippen LogP contribution in [-0.4, -0.2) is 0 Å². The summed E-state index contributed by atoms with van der Waals surface area (Å²) in [7, 11) is 0. The number of rotatable bonds is 2. The number of halogens is 1. The van der Waals surface area contributed by atoms with Gasteiger partial charge in [0.1, 0.15) is 0 Å². The Kier molecular flexibility index (Phi) is 2.68. The lowest BCUT2D eigenvalue weighted by Crippen LogP contribution is -2.01. The first-order valence-corrected chi connectivity index (χ1v) is 3.30. The Morgan fingerprint density at radius 1 is 1.30 bits per heavy atom. The molecule has 0 aromatic heterocycles. The number of hydroxylamine groups is 1. The molecular weight excluding hydrogens is 150 g/mol. The molecule has 54 valence electrons. The summed E-state index contributed by atoms with van der Waals surface area (Å²) < 4.78 is 0. The summed E-state index contributed by atoms with van der Waals surface area (Å²) >= 11 is 5.61. The zero-order valence-electron chi connectivity index (χ0n) is 5.30. The average molecular weight is 157 g/mol. The summed E-state index contributed by atoms with van der Waals surface area (Å²) in [6.07, 6.45) is 0. The van der Waals surface area contributed by atoms with Gasteiger partial charge in [0.25, 0.3) is 0 Å². The van der Waals surface area contributed by atoms with Gasteiger partial charge in [-0.05, 0) is 17.7 Å². The second-order valence-electron chi connectivity index (χ2n) is 1.95. The predicted molar refractivity (Wildman–Crippen MR) is 41.7 cm³/mol. The van der Waals surface area contributed by atoms with Crippen molar-refractivity contribution in [3.8, 4) is 0 Å². The van der Waals surface area contributed by atoms with Crippen LogP contribution in [0.1, 0.15) is 5.56 Å². The van der Waals surface area contributed by atoms with Crippen LogP contribution in [0.3, 0.4) is 0 Å². The van der Waals surface area contributed by atoms with Gasteiger partial charge in [-0.25, -0.2) is 0 Å². The van der Waals surface area contributed by atoms with E-state index in [1.807, 2.05) is 17.6 Å². The molecule has 0 aliphatic rings. The maximum atomic E-state index is 9.90. The van der Waals surface area contributed by atoms with E-state index in [9.17, 15) is 5.21 Å². The van der Waals surface area contributed by atoms with E-state index < -0.39 is 0 Å². The topological polar surface area (TPSA) is 35.1 Å². The van der Waals surface area contributed by atoms with Gasteiger partial charge in [0.05, 0.1) is 0 Å². The molecule has 2 nitrogen and oxygen atoms in total. The smallest absolute Gasteiger partial charge is 0.0406 e. The standard InChI is InChI=1S/C7H7ClNO/c8-7-3-1-6(2-4-7)5-9-10/h1-4,9H,5H2/q-1. The van der Waals surface area contributed by atoms with Crippen molar-refractivity contribution in [3.63, 3.8) is 0 Å². The molecule has 0 fully saturated rings. The largest absolute Gasteiger partial charge is 0.788 e. The van der Waals surface area contributed by atoms with Crippen molar-refractivity contribution in [2.45, 2.75) is 6.54 Å². The van der Waals surface area contributed by atoms with Crippen molar-refractivity contribution >= 4 is 11.6 Å². The fourth-order valence-corrected chi connectivity index (χ4v) is 0.812. The number of hydrogen-bond acceptors (Lipinski definition) is 2. The summed E-state index contributed by atoms with van der Waals surface area (Å²) in [5.74, 6) is 0. The van der Waals surface area contributed by atoms with Gasteiger partial charge in [0.15, 0.2) is 0 Å². The second-order valence-corrected chi connectivity index (χ2v) is 2.38. The Labute approximate surface area is 64.4 Å². The molecule has 0 amide bonds. The molecule has 0 unspecified atom stereocenters. The fourth-order valence-electron chi connectivity index (χ4n) is 0.686. The Hall–Kier alpha value is -0.570. The van der Waals surface area contributed by atoms with E-state index in [1.54, 1.807) is 12.1 Å². The number of hydrogen-bond donors (Lipinski definition) is 1. The van der Waals surface area contributed by atoms with Gasteiger partial charge in [-0.15, -0.1) is 0 Å². The highest BCUT2D eigenvalue weighted by atomic mass is 35.5. The zero-order valence-corrected chi connectivity index (χ0v) is 6.06. The molecule has 0 saturated carbocycles. The molecule has 0 atom stereocenters. The third kappa shape index (κ3) is 1.99. The maximum Gasteiger partial charge on any atom is 0.0406 e. The normalized spacial score (nSPS) is 9.80. The van der Waals surface area contributed by atoms with Gasteiger partial charge in [0, 0.05) is 11.6 Å². The van der Waals surface area contributed by atoms with Crippen molar-refractivity contribution in [2.75, 3.05) is 0 Å². The SMILES string of the molecule is [O-]NCc1ccc(Cl)cc1. The van der Waals surface area contributed by atoms with Crippen molar-refractivity contribution < 1.29 is 0 Å². The lowest BCUT2D eigenvalue weighted by molar-refractivity contribution is 0.876. The monoisotopic (exact) mass is 156 g/mol. The maximum absolute atomic E-state index is 9.90. The first-order chi connectivity index (χ1) is 4.83. The van der Waals surface area contributed by atoms with Crippen molar-refractivity contribution in [1.82, 2.24) is 5.48 Å². The molecular formula is C7H7ClNO-. The summed E-state index contributed by atoms with van der Waals surface area (Å²) in [5.41, 5.74) is 2.75. The van der Waals surface area contributed by atoms with Gasteiger partial charge >= 0.3 is 0 Å². The van der Waals surface area contributed by atoms with Gasteiger partial charge in [-0.3, -0.25) is 0 Å². The highest BCUT2D eigenvalue weighted by Crippen LogP contribution is 2.08. The Morgan fingerprint density at radius 2 is 1.90 bits per heavy atom. The van der Waals surface area contributed by atoms with E-state index in [0.717, 1.165) is 5.56 Å². The molecule has 0 saturated heterocycles. The van der Waals surface area contributed by atoms with E-state index in [2.05, 4.69) is 0 Å². The molecule has 0 aliphatic heterocycles. The predicted octanol–water partition coefficient (Wildman–Crippen LogP) is 1.93. The highest BCUT2D eigenvalue weighted by molar-refractivity contribution is 6.30. The van der Waals surface area contributed by atoms with E-state index in [-0.39, 0.29) is 0 Å². The first-order valence-electron chi connectivity index (χ1n) is 2.92. The van der Waals surface area contributed by atoms with E-state index in [0.29, 0.717) is 11.6 Å². The van der Waals surface area contributed by atoms with Gasteiger partial charge in [-0.2, -0.15) is 0 Å². The quantitative estimate of drug-likeness (QED) is 0.664. The van der Waals surface area contributed by atoms with Crippen LogP contribution < -0.4 is 5.48 Å². The van der Waals surface area contributed by atoms with Gasteiger partial charge in [0.2, 0.25) is 0 Å². The molecule has 0 bridgehead atoms. The molecule has 0 heterocycles. The van der Waals surface area contributed by atoms with Crippen molar-refractivity contribution in [1.29, 1.82) is 0 Å². The molecule has 1 N–H and O–H groups in total. The molecule has 10 heavy (non-hydrogen) atoms. The van der Waals surface area contributed by atoms with Crippen LogP contribution in [0.4, 0.5) is 0 Å². The molecule has 0 aliphatic carbocycles. The Morgan fingerprint density at radius 3 is 2.40 bits per heavy atom. The van der Waals surface area contributed by atoms with Crippen molar-refractivity contribution in [3.05, 3.63) is 40.1 Å².